The first-order valence-electron chi connectivity index (χ1n) is 8.37. The number of fused-ring (bicyclic) bond motifs is 4. The van der Waals surface area contributed by atoms with Crippen LogP contribution in [0.4, 0.5) is 8.78 Å². The van der Waals surface area contributed by atoms with Crippen LogP contribution >= 0.6 is 0 Å². The predicted octanol–water partition coefficient (Wildman–Crippen LogP) is 2.76. The number of hydrogen-bond acceptors (Lipinski definition) is 2. The molecule has 1 saturated heterocycles. The van der Waals surface area contributed by atoms with E-state index >= 15 is 0 Å². The Kier molecular flexibility index (Phi) is 3.71. The molecule has 25 heavy (non-hydrogen) atoms. The maximum atomic E-state index is 13.5. The van der Waals surface area contributed by atoms with Crippen molar-refractivity contribution in [3.8, 4) is 11.1 Å². The predicted molar refractivity (Wildman–Crippen MR) is 89.2 cm³/mol. The van der Waals surface area contributed by atoms with Gasteiger partial charge in [0.25, 0.3) is 5.56 Å². The van der Waals surface area contributed by atoms with E-state index in [-0.39, 0.29) is 23.3 Å². The molecule has 1 fully saturated rings. The monoisotopic (exact) mass is 344 g/mol. The Balaban J connectivity index is 1.80. The Morgan fingerprint density at radius 1 is 1.00 bits per heavy atom. The molecular weight excluding hydrogens is 326 g/mol. The van der Waals surface area contributed by atoms with Crippen molar-refractivity contribution >= 4 is 5.91 Å². The highest BCUT2D eigenvalue weighted by atomic mass is 19.1. The number of benzene rings is 1. The lowest BCUT2D eigenvalue weighted by Gasteiger charge is -2.42. The number of pyridine rings is 1. The number of carbonyl (C=O) groups excluding carboxylic acids is 1. The number of carbonyl (C=O) groups is 1. The zero-order valence-corrected chi connectivity index (χ0v) is 13.8. The quantitative estimate of drug-likeness (QED) is 0.798. The molecule has 0 unspecified atom stereocenters. The highest BCUT2D eigenvalue weighted by Gasteiger charge is 2.35. The van der Waals surface area contributed by atoms with Gasteiger partial charge in [0.05, 0.1) is 0 Å². The first kappa shape index (κ1) is 16.0. The number of piperidine rings is 1. The fraction of sp³-hybridized carbons (Fsp3) is 0.368. The van der Waals surface area contributed by atoms with E-state index in [2.05, 4.69) is 0 Å². The van der Waals surface area contributed by atoms with E-state index in [1.165, 1.54) is 18.2 Å². The summed E-state index contributed by atoms with van der Waals surface area (Å²) in [5.41, 5.74) is 1.53. The van der Waals surface area contributed by atoms with Gasteiger partial charge < -0.3 is 9.47 Å². The number of rotatable bonds is 1. The number of likely N-dealkylation sites (tertiary alicyclic amines) is 1. The van der Waals surface area contributed by atoms with E-state index in [0.29, 0.717) is 30.8 Å². The topological polar surface area (TPSA) is 42.3 Å². The summed E-state index contributed by atoms with van der Waals surface area (Å²) >= 11 is 0. The maximum absolute atomic E-state index is 13.5. The minimum atomic E-state index is -0.673. The number of amides is 1. The van der Waals surface area contributed by atoms with Crippen molar-refractivity contribution in [2.24, 2.45) is 5.92 Å². The van der Waals surface area contributed by atoms with Crippen LogP contribution in [0.15, 0.2) is 35.1 Å². The maximum Gasteiger partial charge on any atom is 0.251 e. The molecule has 6 heteroatoms. The standard InChI is InChI=1S/C19H18F2N2O2/c1-11(24)22-8-12-2-15(10-22)18-5-14(6-19(25)23(18)9-12)13-3-16(20)7-17(21)4-13/h3-7,12,15H,2,8-10H2,1H3/t12-,15+/m0/s1. The van der Waals surface area contributed by atoms with Gasteiger partial charge in [-0.1, -0.05) is 0 Å². The molecule has 4 rings (SSSR count). The molecule has 1 amide bonds. The van der Waals surface area contributed by atoms with Crippen molar-refractivity contribution in [1.29, 1.82) is 0 Å². The van der Waals surface area contributed by atoms with Crippen LogP contribution in [0.1, 0.15) is 25.0 Å². The molecule has 1 aromatic heterocycles. The molecule has 3 heterocycles. The van der Waals surface area contributed by atoms with Crippen LogP contribution < -0.4 is 5.56 Å². The summed E-state index contributed by atoms with van der Waals surface area (Å²) < 4.78 is 28.8. The molecule has 0 radical (unpaired) electrons. The zero-order valence-electron chi connectivity index (χ0n) is 13.8. The molecule has 0 aliphatic carbocycles. The Bertz CT molecular complexity index is 902. The Hall–Kier alpha value is -2.50. The Morgan fingerprint density at radius 2 is 1.68 bits per heavy atom. The third-order valence-electron chi connectivity index (χ3n) is 5.20. The normalized spacial score (nSPS) is 21.8. The summed E-state index contributed by atoms with van der Waals surface area (Å²) in [5.74, 6) is -0.969. The van der Waals surface area contributed by atoms with Crippen LogP contribution in [0.2, 0.25) is 0 Å². The van der Waals surface area contributed by atoms with E-state index in [1.807, 2.05) is 11.0 Å². The summed E-state index contributed by atoms with van der Waals surface area (Å²) in [4.78, 5) is 26.1. The fourth-order valence-electron chi connectivity index (χ4n) is 4.10. The minimum Gasteiger partial charge on any atom is -0.342 e. The van der Waals surface area contributed by atoms with Gasteiger partial charge in [0, 0.05) is 50.3 Å². The Labute approximate surface area is 143 Å². The van der Waals surface area contributed by atoms with Gasteiger partial charge in [-0.05, 0) is 41.7 Å². The van der Waals surface area contributed by atoms with Crippen LogP contribution in [0.5, 0.6) is 0 Å². The molecular formula is C19H18F2N2O2. The van der Waals surface area contributed by atoms with Crippen molar-refractivity contribution in [3.05, 3.63) is 58.0 Å². The molecule has 0 saturated carbocycles. The summed E-state index contributed by atoms with van der Waals surface area (Å²) in [6.07, 6.45) is 0.921. The second kappa shape index (κ2) is 5.79. The largest absolute Gasteiger partial charge is 0.342 e. The van der Waals surface area contributed by atoms with Crippen molar-refractivity contribution < 1.29 is 13.6 Å². The second-order valence-electron chi connectivity index (χ2n) is 7.00. The highest BCUT2D eigenvalue weighted by Crippen LogP contribution is 2.36. The first-order chi connectivity index (χ1) is 11.9. The fourth-order valence-corrected chi connectivity index (χ4v) is 4.10. The molecule has 2 aromatic rings. The third-order valence-corrected chi connectivity index (χ3v) is 5.20. The van der Waals surface area contributed by atoms with Gasteiger partial charge in [-0.15, -0.1) is 0 Å². The Morgan fingerprint density at radius 3 is 2.36 bits per heavy atom. The minimum absolute atomic E-state index is 0.0360. The molecule has 0 spiro atoms. The average Bonchev–Trinajstić information content (AvgIpc) is 2.54. The van der Waals surface area contributed by atoms with Crippen LogP contribution in [-0.2, 0) is 11.3 Å². The molecule has 2 atom stereocenters. The van der Waals surface area contributed by atoms with Crippen molar-refractivity contribution in [3.63, 3.8) is 0 Å². The number of aromatic nitrogens is 1. The van der Waals surface area contributed by atoms with Gasteiger partial charge >= 0.3 is 0 Å². The third kappa shape index (κ3) is 2.86. The van der Waals surface area contributed by atoms with Crippen LogP contribution in [-0.4, -0.2) is 28.5 Å². The molecule has 130 valence electrons. The summed E-state index contributed by atoms with van der Waals surface area (Å²) in [6, 6.07) is 6.53. The average molecular weight is 344 g/mol. The first-order valence-corrected chi connectivity index (χ1v) is 8.37. The van der Waals surface area contributed by atoms with Crippen molar-refractivity contribution in [2.75, 3.05) is 13.1 Å². The molecule has 0 N–H and O–H groups in total. The smallest absolute Gasteiger partial charge is 0.251 e. The van der Waals surface area contributed by atoms with Gasteiger partial charge in [-0.3, -0.25) is 9.59 Å². The van der Waals surface area contributed by atoms with Crippen LogP contribution in [0.3, 0.4) is 0 Å². The van der Waals surface area contributed by atoms with Crippen LogP contribution in [0.25, 0.3) is 11.1 Å². The van der Waals surface area contributed by atoms with Crippen molar-refractivity contribution in [2.45, 2.75) is 25.8 Å². The van der Waals surface area contributed by atoms with Crippen molar-refractivity contribution in [1.82, 2.24) is 9.47 Å². The number of halogens is 2. The van der Waals surface area contributed by atoms with Gasteiger partial charge in [0.2, 0.25) is 5.91 Å². The number of nitrogens with zero attached hydrogens (tertiary/aromatic N) is 2. The highest BCUT2D eigenvalue weighted by molar-refractivity contribution is 5.73. The SMILES string of the molecule is CC(=O)N1C[C@@H]2C[C@H](C1)c1cc(-c3cc(F)cc(F)c3)cc(=O)n1C2. The second-order valence-corrected chi connectivity index (χ2v) is 7.00. The van der Waals surface area contributed by atoms with Gasteiger partial charge in [-0.2, -0.15) is 0 Å². The lowest BCUT2D eigenvalue weighted by atomic mass is 9.82. The lowest BCUT2D eigenvalue weighted by Crippen LogP contribution is -2.48. The zero-order chi connectivity index (χ0) is 17.7. The van der Waals surface area contributed by atoms with Gasteiger partial charge in [-0.25, -0.2) is 8.78 Å². The lowest BCUT2D eigenvalue weighted by molar-refractivity contribution is -0.131. The van der Waals surface area contributed by atoms with E-state index in [0.717, 1.165) is 18.2 Å². The van der Waals surface area contributed by atoms with Crippen LogP contribution in [0, 0.1) is 17.6 Å². The molecule has 1 aromatic carbocycles. The van der Waals surface area contributed by atoms with Gasteiger partial charge in [0.15, 0.2) is 0 Å². The molecule has 2 aliphatic rings. The molecule has 4 nitrogen and oxygen atoms in total. The molecule has 2 aliphatic heterocycles. The summed E-state index contributed by atoms with van der Waals surface area (Å²) in [7, 11) is 0. The summed E-state index contributed by atoms with van der Waals surface area (Å²) in [5, 5.41) is 0. The molecule has 2 bridgehead atoms. The van der Waals surface area contributed by atoms with E-state index in [1.54, 1.807) is 11.5 Å². The van der Waals surface area contributed by atoms with E-state index in [9.17, 15) is 18.4 Å². The summed E-state index contributed by atoms with van der Waals surface area (Å²) in [6.45, 7) is 3.38. The van der Waals surface area contributed by atoms with E-state index in [4.69, 9.17) is 0 Å². The van der Waals surface area contributed by atoms with Gasteiger partial charge in [0.1, 0.15) is 11.6 Å². The number of hydrogen-bond donors (Lipinski definition) is 0. The van der Waals surface area contributed by atoms with E-state index < -0.39 is 11.6 Å².